The number of hydrogen-bond donors (Lipinski definition) is 0. The predicted molar refractivity (Wildman–Crippen MR) is 91.4 cm³/mol. The van der Waals surface area contributed by atoms with Crippen LogP contribution in [0.5, 0.6) is 0 Å². The Morgan fingerprint density at radius 3 is 2.43 bits per heavy atom. The van der Waals surface area contributed by atoms with E-state index in [1.54, 1.807) is 0 Å². The van der Waals surface area contributed by atoms with E-state index in [1.807, 2.05) is 0 Å². The molecule has 2 aliphatic rings. The molecule has 0 spiro atoms. The van der Waals surface area contributed by atoms with Crippen molar-refractivity contribution in [3.8, 4) is 0 Å². The molecule has 2 saturated heterocycles. The van der Waals surface area contributed by atoms with Crippen molar-refractivity contribution in [3.05, 3.63) is 48.0 Å². The summed E-state index contributed by atoms with van der Waals surface area (Å²) in [5.41, 5.74) is 0.640. The average molecular weight is 309 g/mol. The van der Waals surface area contributed by atoms with Crippen LogP contribution in [0.1, 0.15) is 31.2 Å². The molecule has 2 fully saturated rings. The molecule has 2 aromatic rings. The summed E-state index contributed by atoms with van der Waals surface area (Å²) in [6, 6.07) is 15.6. The van der Waals surface area contributed by atoms with Crippen LogP contribution in [-0.2, 0) is 14.9 Å². The molecule has 0 aliphatic carbocycles. The monoisotopic (exact) mass is 309 g/mol. The van der Waals surface area contributed by atoms with E-state index in [-0.39, 0.29) is 5.97 Å². The van der Waals surface area contributed by atoms with E-state index in [1.165, 1.54) is 30.7 Å². The minimum Gasteiger partial charge on any atom is -0.468 e. The number of esters is 1. The first-order valence-corrected chi connectivity index (χ1v) is 8.44. The highest BCUT2D eigenvalue weighted by Crippen LogP contribution is 2.48. The van der Waals surface area contributed by atoms with Gasteiger partial charge < -0.3 is 9.64 Å². The highest BCUT2D eigenvalue weighted by molar-refractivity contribution is 5.94. The van der Waals surface area contributed by atoms with Crippen molar-refractivity contribution in [2.45, 2.75) is 43.2 Å². The lowest BCUT2D eigenvalue weighted by Gasteiger charge is -2.44. The Morgan fingerprint density at radius 1 is 1.09 bits per heavy atom. The number of carbonyl (C=O) groups is 1. The zero-order chi connectivity index (χ0) is 16.0. The van der Waals surface area contributed by atoms with Crippen molar-refractivity contribution in [2.24, 2.45) is 0 Å². The van der Waals surface area contributed by atoms with Crippen molar-refractivity contribution >= 4 is 16.7 Å². The number of rotatable bonds is 2. The van der Waals surface area contributed by atoms with E-state index in [0.29, 0.717) is 12.1 Å². The van der Waals surface area contributed by atoms with Crippen LogP contribution in [-0.4, -0.2) is 37.1 Å². The first-order valence-electron chi connectivity index (χ1n) is 8.44. The van der Waals surface area contributed by atoms with Crippen molar-refractivity contribution in [2.75, 3.05) is 14.2 Å². The van der Waals surface area contributed by atoms with E-state index >= 15 is 0 Å². The molecule has 2 aliphatic heterocycles. The van der Waals surface area contributed by atoms with Gasteiger partial charge in [0, 0.05) is 12.1 Å². The van der Waals surface area contributed by atoms with Crippen LogP contribution in [0.15, 0.2) is 42.5 Å². The van der Waals surface area contributed by atoms with Crippen LogP contribution < -0.4 is 0 Å². The van der Waals surface area contributed by atoms with Crippen LogP contribution in [0.3, 0.4) is 0 Å². The molecule has 0 amide bonds. The molecule has 3 heteroatoms. The summed E-state index contributed by atoms with van der Waals surface area (Å²) in [6.45, 7) is 0. The number of piperidine rings is 1. The summed E-state index contributed by atoms with van der Waals surface area (Å²) < 4.78 is 5.30. The lowest BCUT2D eigenvalue weighted by molar-refractivity contribution is -0.150. The Kier molecular flexibility index (Phi) is 3.42. The lowest BCUT2D eigenvalue weighted by Crippen LogP contribution is -2.52. The molecule has 2 atom stereocenters. The van der Waals surface area contributed by atoms with Gasteiger partial charge in [-0.15, -0.1) is 0 Å². The van der Waals surface area contributed by atoms with Gasteiger partial charge in [-0.1, -0.05) is 42.5 Å². The average Bonchev–Trinajstić information content (AvgIpc) is 2.82. The molecule has 120 valence electrons. The number of nitrogens with zero attached hydrogens (tertiary/aromatic N) is 1. The smallest absolute Gasteiger partial charge is 0.316 e. The van der Waals surface area contributed by atoms with E-state index in [0.717, 1.165) is 18.4 Å². The van der Waals surface area contributed by atoms with Gasteiger partial charge >= 0.3 is 5.97 Å². The Labute approximate surface area is 137 Å². The zero-order valence-electron chi connectivity index (χ0n) is 13.8. The molecule has 2 heterocycles. The van der Waals surface area contributed by atoms with Crippen molar-refractivity contribution in [1.82, 2.24) is 4.90 Å². The summed E-state index contributed by atoms with van der Waals surface area (Å²) in [5.74, 6) is -0.0705. The maximum atomic E-state index is 12.9. The van der Waals surface area contributed by atoms with Crippen LogP contribution in [0.2, 0.25) is 0 Å². The van der Waals surface area contributed by atoms with Crippen molar-refractivity contribution in [3.63, 3.8) is 0 Å². The number of ether oxygens (including phenoxy) is 1. The highest BCUT2D eigenvalue weighted by atomic mass is 16.5. The molecular formula is C20H23NO2. The standard InChI is InChI=1S/C20H23NO2/c1-21-15-10-11-16(21)13-20(12-15,19(22)23-2)18-9-5-7-14-6-3-4-8-17(14)18/h3-9,15-16H,10-13H2,1-2H3. The number of benzene rings is 2. The molecule has 0 radical (unpaired) electrons. The van der Waals surface area contributed by atoms with Crippen molar-refractivity contribution in [1.29, 1.82) is 0 Å². The fourth-order valence-electron chi connectivity index (χ4n) is 4.80. The molecular weight excluding hydrogens is 286 g/mol. The summed E-state index contributed by atoms with van der Waals surface area (Å²) >= 11 is 0. The van der Waals surface area contributed by atoms with Gasteiger partial charge in [0.1, 0.15) is 0 Å². The summed E-state index contributed by atoms with van der Waals surface area (Å²) in [4.78, 5) is 15.4. The second kappa shape index (κ2) is 5.34. The fraction of sp³-hybridized carbons (Fsp3) is 0.450. The molecule has 0 N–H and O–H groups in total. The van der Waals surface area contributed by atoms with Gasteiger partial charge in [0.25, 0.3) is 0 Å². The van der Waals surface area contributed by atoms with Crippen LogP contribution >= 0.6 is 0 Å². The SMILES string of the molecule is COC(=O)C1(c2cccc3ccccc23)CC2CCC(C1)N2C. The second-order valence-electron chi connectivity index (χ2n) is 7.06. The van der Waals surface area contributed by atoms with Gasteiger partial charge in [-0.2, -0.15) is 0 Å². The van der Waals surface area contributed by atoms with Crippen LogP contribution in [0.4, 0.5) is 0 Å². The molecule has 2 unspecified atom stereocenters. The van der Waals surface area contributed by atoms with Gasteiger partial charge in [-0.25, -0.2) is 0 Å². The Morgan fingerprint density at radius 2 is 1.74 bits per heavy atom. The Balaban J connectivity index is 1.91. The maximum absolute atomic E-state index is 12.9. The van der Waals surface area contributed by atoms with E-state index < -0.39 is 5.41 Å². The largest absolute Gasteiger partial charge is 0.468 e. The summed E-state index contributed by atoms with van der Waals surface area (Å²) in [5, 5.41) is 2.38. The molecule has 0 aromatic heterocycles. The number of carbonyl (C=O) groups excluding carboxylic acids is 1. The molecule has 23 heavy (non-hydrogen) atoms. The van der Waals surface area contributed by atoms with Crippen LogP contribution in [0, 0.1) is 0 Å². The van der Waals surface area contributed by atoms with Crippen molar-refractivity contribution < 1.29 is 9.53 Å². The molecule has 2 aromatic carbocycles. The van der Waals surface area contributed by atoms with E-state index in [9.17, 15) is 4.79 Å². The topological polar surface area (TPSA) is 29.5 Å². The molecule has 0 saturated carbocycles. The minimum absolute atomic E-state index is 0.0705. The molecule has 3 nitrogen and oxygen atoms in total. The third-order valence-electron chi connectivity index (χ3n) is 6.03. The second-order valence-corrected chi connectivity index (χ2v) is 7.06. The Hall–Kier alpha value is -1.87. The number of fused-ring (bicyclic) bond motifs is 3. The zero-order valence-corrected chi connectivity index (χ0v) is 13.8. The fourth-order valence-corrected chi connectivity index (χ4v) is 4.80. The Bertz CT molecular complexity index is 735. The normalized spacial score (nSPS) is 30.5. The predicted octanol–water partition coefficient (Wildman–Crippen LogP) is 3.51. The van der Waals surface area contributed by atoms with Gasteiger partial charge in [-0.3, -0.25) is 4.79 Å². The third kappa shape index (κ3) is 2.10. The quantitative estimate of drug-likeness (QED) is 0.795. The first kappa shape index (κ1) is 14.7. The summed E-state index contributed by atoms with van der Waals surface area (Å²) in [7, 11) is 3.72. The first-order chi connectivity index (χ1) is 11.2. The minimum atomic E-state index is -0.506. The molecule has 2 bridgehead atoms. The number of hydrogen-bond acceptors (Lipinski definition) is 3. The summed E-state index contributed by atoms with van der Waals surface area (Å²) in [6.07, 6.45) is 4.09. The number of methoxy groups -OCH3 is 1. The van der Waals surface area contributed by atoms with Gasteiger partial charge in [0.15, 0.2) is 0 Å². The van der Waals surface area contributed by atoms with Gasteiger partial charge in [0.2, 0.25) is 0 Å². The highest BCUT2D eigenvalue weighted by Gasteiger charge is 2.53. The lowest BCUT2D eigenvalue weighted by atomic mass is 9.68. The van der Waals surface area contributed by atoms with Crippen LogP contribution in [0.25, 0.3) is 10.8 Å². The van der Waals surface area contributed by atoms with Gasteiger partial charge in [0.05, 0.1) is 12.5 Å². The van der Waals surface area contributed by atoms with Gasteiger partial charge in [-0.05, 0) is 49.1 Å². The van der Waals surface area contributed by atoms with E-state index in [2.05, 4.69) is 54.4 Å². The molecule has 4 rings (SSSR count). The third-order valence-corrected chi connectivity index (χ3v) is 6.03. The van der Waals surface area contributed by atoms with E-state index in [4.69, 9.17) is 4.74 Å². The maximum Gasteiger partial charge on any atom is 0.316 e.